The number of rotatable bonds is 3. The molecular formula is C17H10F6N2O2. The Morgan fingerprint density at radius 2 is 1.22 bits per heavy atom. The first kappa shape index (κ1) is 18.7. The lowest BCUT2D eigenvalue weighted by molar-refractivity contribution is -0.143. The van der Waals surface area contributed by atoms with Crippen LogP contribution in [0.25, 0.3) is 22.9 Å². The molecule has 0 aliphatic carbocycles. The lowest BCUT2D eigenvalue weighted by Crippen LogP contribution is -2.11. The SMILES string of the molecule is COc1ccc(-c2nnc(-c3cc(C(F)(F)F)cc(C(F)(F)F)c3)o2)cc1. The van der Waals surface area contributed by atoms with Crippen molar-refractivity contribution in [3.05, 3.63) is 53.6 Å². The Kier molecular flexibility index (Phi) is 4.58. The van der Waals surface area contributed by atoms with E-state index in [0.29, 0.717) is 23.4 Å². The van der Waals surface area contributed by atoms with Crippen molar-refractivity contribution in [2.75, 3.05) is 7.11 Å². The summed E-state index contributed by atoms with van der Waals surface area (Å²) in [5, 5.41) is 7.25. The van der Waals surface area contributed by atoms with E-state index in [2.05, 4.69) is 10.2 Å². The summed E-state index contributed by atoms with van der Waals surface area (Å²) in [6.45, 7) is 0. The number of ether oxygens (including phenoxy) is 1. The highest BCUT2D eigenvalue weighted by molar-refractivity contribution is 5.60. The van der Waals surface area contributed by atoms with Crippen molar-refractivity contribution in [3.8, 4) is 28.7 Å². The molecule has 0 atom stereocenters. The molecule has 0 bridgehead atoms. The summed E-state index contributed by atoms with van der Waals surface area (Å²) in [5.41, 5.74) is -2.98. The molecule has 3 rings (SSSR count). The van der Waals surface area contributed by atoms with Crippen molar-refractivity contribution < 1.29 is 35.5 Å². The Morgan fingerprint density at radius 3 is 1.67 bits per heavy atom. The molecular weight excluding hydrogens is 378 g/mol. The van der Waals surface area contributed by atoms with E-state index in [9.17, 15) is 26.3 Å². The molecule has 0 N–H and O–H groups in total. The maximum Gasteiger partial charge on any atom is 0.416 e. The summed E-state index contributed by atoms with van der Waals surface area (Å²) in [7, 11) is 1.46. The fourth-order valence-electron chi connectivity index (χ4n) is 2.27. The summed E-state index contributed by atoms with van der Waals surface area (Å²) in [4.78, 5) is 0. The zero-order chi connectivity index (χ0) is 19.8. The van der Waals surface area contributed by atoms with Gasteiger partial charge in [-0.25, -0.2) is 0 Å². The number of methoxy groups -OCH3 is 1. The average Bonchev–Trinajstić information content (AvgIpc) is 3.10. The second-order valence-electron chi connectivity index (χ2n) is 5.44. The Hall–Kier alpha value is -3.04. The van der Waals surface area contributed by atoms with Crippen molar-refractivity contribution in [2.45, 2.75) is 12.4 Å². The smallest absolute Gasteiger partial charge is 0.416 e. The standard InChI is InChI=1S/C17H10F6N2O2/c1-26-13-4-2-9(3-5-13)14-24-25-15(27-14)10-6-11(16(18,19)20)8-12(7-10)17(21,22)23/h2-8H,1H3. The molecule has 0 radical (unpaired) electrons. The Balaban J connectivity index is 2.04. The van der Waals surface area contributed by atoms with E-state index in [-0.39, 0.29) is 12.0 Å². The van der Waals surface area contributed by atoms with Gasteiger partial charge in [-0.3, -0.25) is 0 Å². The Morgan fingerprint density at radius 1 is 0.741 bits per heavy atom. The molecule has 0 aliphatic rings. The fourth-order valence-corrected chi connectivity index (χ4v) is 2.27. The van der Waals surface area contributed by atoms with Gasteiger partial charge in [0.15, 0.2) is 0 Å². The van der Waals surface area contributed by atoms with Gasteiger partial charge >= 0.3 is 12.4 Å². The Labute approximate surface area is 148 Å². The molecule has 0 saturated heterocycles. The largest absolute Gasteiger partial charge is 0.497 e. The lowest BCUT2D eigenvalue weighted by Gasteiger charge is -2.12. The highest BCUT2D eigenvalue weighted by Gasteiger charge is 2.37. The molecule has 0 amide bonds. The molecule has 0 aliphatic heterocycles. The van der Waals surface area contributed by atoms with Gasteiger partial charge in [0.25, 0.3) is 0 Å². The summed E-state index contributed by atoms with van der Waals surface area (Å²) >= 11 is 0. The molecule has 10 heteroatoms. The first-order valence-corrected chi connectivity index (χ1v) is 7.36. The highest BCUT2D eigenvalue weighted by atomic mass is 19.4. The predicted octanol–water partition coefficient (Wildman–Crippen LogP) is 5.45. The molecule has 1 heterocycles. The van der Waals surface area contributed by atoms with E-state index in [1.807, 2.05) is 0 Å². The van der Waals surface area contributed by atoms with Crippen LogP contribution >= 0.6 is 0 Å². The number of alkyl halides is 6. The van der Waals surface area contributed by atoms with Crippen LogP contribution in [0.5, 0.6) is 5.75 Å². The van der Waals surface area contributed by atoms with Gasteiger partial charge in [-0.15, -0.1) is 10.2 Å². The summed E-state index contributed by atoms with van der Waals surface area (Å²) < 4.78 is 87.9. The number of hydrogen-bond acceptors (Lipinski definition) is 4. The third-order valence-corrected chi connectivity index (χ3v) is 3.60. The number of nitrogens with zero attached hydrogens (tertiary/aromatic N) is 2. The monoisotopic (exact) mass is 388 g/mol. The van der Waals surface area contributed by atoms with Gasteiger partial charge in [-0.2, -0.15) is 26.3 Å². The van der Waals surface area contributed by atoms with E-state index < -0.39 is 34.9 Å². The van der Waals surface area contributed by atoms with E-state index >= 15 is 0 Å². The normalized spacial score (nSPS) is 12.3. The summed E-state index contributed by atoms with van der Waals surface area (Å²) in [6.07, 6.45) is -9.93. The van der Waals surface area contributed by atoms with Crippen LogP contribution in [0.4, 0.5) is 26.3 Å². The van der Waals surface area contributed by atoms with E-state index in [1.54, 1.807) is 24.3 Å². The number of benzene rings is 2. The molecule has 27 heavy (non-hydrogen) atoms. The van der Waals surface area contributed by atoms with Crippen LogP contribution < -0.4 is 4.74 Å². The minimum absolute atomic E-state index is 0.0320. The zero-order valence-corrected chi connectivity index (χ0v) is 13.5. The molecule has 0 fully saturated rings. The predicted molar refractivity (Wildman–Crippen MR) is 81.7 cm³/mol. The molecule has 142 valence electrons. The first-order chi connectivity index (χ1) is 12.6. The third-order valence-electron chi connectivity index (χ3n) is 3.60. The minimum atomic E-state index is -4.96. The van der Waals surface area contributed by atoms with Crippen LogP contribution in [-0.4, -0.2) is 17.3 Å². The van der Waals surface area contributed by atoms with Gasteiger partial charge in [-0.05, 0) is 42.5 Å². The Bertz CT molecular complexity index is 913. The maximum atomic E-state index is 12.9. The van der Waals surface area contributed by atoms with Crippen LogP contribution in [0.15, 0.2) is 46.9 Å². The molecule has 0 unspecified atom stereocenters. The number of halogens is 6. The first-order valence-electron chi connectivity index (χ1n) is 7.36. The lowest BCUT2D eigenvalue weighted by atomic mass is 10.0. The van der Waals surface area contributed by atoms with Crippen molar-refractivity contribution in [3.63, 3.8) is 0 Å². The van der Waals surface area contributed by atoms with E-state index in [4.69, 9.17) is 9.15 Å². The van der Waals surface area contributed by atoms with Crippen molar-refractivity contribution in [1.29, 1.82) is 0 Å². The quantitative estimate of drug-likeness (QED) is 0.560. The second kappa shape index (κ2) is 6.60. The molecule has 1 aromatic heterocycles. The third kappa shape index (κ3) is 4.04. The highest BCUT2D eigenvalue weighted by Crippen LogP contribution is 2.38. The van der Waals surface area contributed by atoms with Gasteiger partial charge in [-0.1, -0.05) is 0 Å². The van der Waals surface area contributed by atoms with Gasteiger partial charge in [0.05, 0.1) is 18.2 Å². The average molecular weight is 388 g/mol. The second-order valence-corrected chi connectivity index (χ2v) is 5.44. The minimum Gasteiger partial charge on any atom is -0.497 e. The maximum absolute atomic E-state index is 12.9. The summed E-state index contributed by atoms with van der Waals surface area (Å²) in [6, 6.07) is 7.38. The van der Waals surface area contributed by atoms with Crippen molar-refractivity contribution >= 4 is 0 Å². The van der Waals surface area contributed by atoms with Crippen LogP contribution in [0.1, 0.15) is 11.1 Å². The molecule has 3 aromatic rings. The van der Waals surface area contributed by atoms with Crippen LogP contribution in [-0.2, 0) is 12.4 Å². The topological polar surface area (TPSA) is 48.2 Å². The number of hydrogen-bond donors (Lipinski definition) is 0. The van der Waals surface area contributed by atoms with E-state index in [1.165, 1.54) is 7.11 Å². The van der Waals surface area contributed by atoms with Crippen molar-refractivity contribution in [1.82, 2.24) is 10.2 Å². The van der Waals surface area contributed by atoms with Crippen LogP contribution in [0.3, 0.4) is 0 Å². The van der Waals surface area contributed by atoms with Crippen molar-refractivity contribution in [2.24, 2.45) is 0 Å². The van der Waals surface area contributed by atoms with Gasteiger partial charge in [0.2, 0.25) is 11.8 Å². The van der Waals surface area contributed by atoms with Gasteiger partial charge in [0.1, 0.15) is 5.75 Å². The summed E-state index contributed by atoms with van der Waals surface area (Å²) in [5.74, 6) is 0.0298. The van der Waals surface area contributed by atoms with E-state index in [0.717, 1.165) is 0 Å². The molecule has 0 spiro atoms. The number of aromatic nitrogens is 2. The fraction of sp³-hybridized carbons (Fsp3) is 0.176. The molecule has 2 aromatic carbocycles. The van der Waals surface area contributed by atoms with Gasteiger partial charge in [0, 0.05) is 11.1 Å². The zero-order valence-electron chi connectivity index (χ0n) is 13.5. The molecule has 0 saturated carbocycles. The molecule has 4 nitrogen and oxygen atoms in total. The van der Waals surface area contributed by atoms with Crippen LogP contribution in [0.2, 0.25) is 0 Å². The van der Waals surface area contributed by atoms with Gasteiger partial charge < -0.3 is 9.15 Å². The van der Waals surface area contributed by atoms with Crippen LogP contribution in [0, 0.1) is 0 Å².